The van der Waals surface area contributed by atoms with Gasteiger partial charge in [0.05, 0.1) is 10.7 Å². The van der Waals surface area contributed by atoms with Crippen LogP contribution in [0, 0.1) is 12.8 Å². The summed E-state index contributed by atoms with van der Waals surface area (Å²) in [6.45, 7) is 2.10. The molecule has 1 aliphatic carbocycles. The molecule has 0 atom stereocenters. The van der Waals surface area contributed by atoms with Crippen LogP contribution in [-0.4, -0.2) is 10.8 Å². The Hall–Kier alpha value is -0.870. The highest BCUT2D eigenvalue weighted by molar-refractivity contribution is 8.14. The number of rotatable bonds is 7. The predicted molar refractivity (Wildman–Crippen MR) is 134 cm³/mol. The number of benzene rings is 2. The first-order valence-electron chi connectivity index (χ1n) is 10.1. The van der Waals surface area contributed by atoms with Crippen LogP contribution in [0.4, 0.5) is 5.69 Å². The van der Waals surface area contributed by atoms with E-state index in [2.05, 4.69) is 42.7 Å². The molecule has 0 radical (unpaired) electrons. The second-order valence-corrected chi connectivity index (χ2v) is 10.2. The Balaban J connectivity index is 1.62. The van der Waals surface area contributed by atoms with Crippen molar-refractivity contribution < 1.29 is 0 Å². The zero-order chi connectivity index (χ0) is 20.5. The van der Waals surface area contributed by atoms with Gasteiger partial charge in [-0.05, 0) is 67.0 Å². The van der Waals surface area contributed by atoms with Gasteiger partial charge in [-0.1, -0.05) is 66.2 Å². The second kappa shape index (κ2) is 12.1. The van der Waals surface area contributed by atoms with Crippen molar-refractivity contribution >= 4 is 57.5 Å². The van der Waals surface area contributed by atoms with Crippen molar-refractivity contribution in [3.05, 3.63) is 75.1 Å². The van der Waals surface area contributed by atoms with Gasteiger partial charge in [0.2, 0.25) is 0 Å². The van der Waals surface area contributed by atoms with Gasteiger partial charge in [0.1, 0.15) is 0 Å². The average Bonchev–Trinajstić information content (AvgIpc) is 2.73. The largest absolute Gasteiger partial charge is 0.242 e. The highest BCUT2D eigenvalue weighted by Crippen LogP contribution is 2.29. The lowest BCUT2D eigenvalue weighted by Crippen LogP contribution is -2.09. The molecule has 0 amide bonds. The van der Waals surface area contributed by atoms with Crippen molar-refractivity contribution in [1.29, 1.82) is 0 Å². The fourth-order valence-corrected chi connectivity index (χ4v) is 5.77. The summed E-state index contributed by atoms with van der Waals surface area (Å²) < 4.78 is 0. The molecular weight excluding hydrogens is 437 g/mol. The zero-order valence-corrected chi connectivity index (χ0v) is 19.9. The van der Waals surface area contributed by atoms with Crippen LogP contribution < -0.4 is 0 Å². The molecule has 0 unspecified atom stereocenters. The molecule has 2 aromatic rings. The van der Waals surface area contributed by atoms with Crippen molar-refractivity contribution in [3.63, 3.8) is 0 Å². The van der Waals surface area contributed by atoms with Crippen molar-refractivity contribution in [2.45, 2.75) is 44.8 Å². The van der Waals surface area contributed by atoms with E-state index in [9.17, 15) is 0 Å². The average molecular weight is 465 g/mol. The van der Waals surface area contributed by atoms with Gasteiger partial charge in [0, 0.05) is 21.6 Å². The van der Waals surface area contributed by atoms with Crippen molar-refractivity contribution in [2.75, 3.05) is 5.75 Å². The summed E-state index contributed by atoms with van der Waals surface area (Å²) in [5.41, 5.74) is 3.36. The van der Waals surface area contributed by atoms with E-state index in [4.69, 9.17) is 28.2 Å². The summed E-state index contributed by atoms with van der Waals surface area (Å²) in [5.74, 6) is 2.80. The molecule has 154 valence electrons. The molecule has 1 saturated carbocycles. The van der Waals surface area contributed by atoms with Crippen LogP contribution in [0.25, 0.3) is 0 Å². The monoisotopic (exact) mass is 463 g/mol. The molecular formula is C24H27Cl2NS2. The summed E-state index contributed by atoms with van der Waals surface area (Å²) in [6, 6.07) is 14.1. The number of halogens is 2. The molecule has 1 fully saturated rings. The number of nitrogens with zero attached hydrogens (tertiary/aromatic N) is 1. The molecule has 29 heavy (non-hydrogen) atoms. The number of hydrogen-bond acceptors (Lipinski definition) is 3. The molecule has 2 aromatic carbocycles. The number of aliphatic imine (C=N–C) groups is 1. The Kier molecular flexibility index (Phi) is 9.51. The van der Waals surface area contributed by atoms with E-state index >= 15 is 0 Å². The first kappa shape index (κ1) is 22.8. The maximum Gasteiger partial charge on any atom is 0.0972 e. The lowest BCUT2D eigenvalue weighted by Gasteiger charge is -2.20. The Bertz CT molecular complexity index is 840. The highest BCUT2D eigenvalue weighted by Gasteiger charge is 2.14. The maximum absolute atomic E-state index is 6.28. The summed E-state index contributed by atoms with van der Waals surface area (Å²) in [7, 11) is 0. The third-order valence-electron chi connectivity index (χ3n) is 5.03. The van der Waals surface area contributed by atoms with Gasteiger partial charge in [0.15, 0.2) is 0 Å². The smallest absolute Gasteiger partial charge is 0.0972 e. The van der Waals surface area contributed by atoms with E-state index in [-0.39, 0.29) is 0 Å². The van der Waals surface area contributed by atoms with E-state index in [0.29, 0.717) is 5.02 Å². The third-order valence-corrected chi connectivity index (χ3v) is 7.58. The fraction of sp³-hybridized carbons (Fsp3) is 0.375. The molecule has 0 bridgehead atoms. The van der Waals surface area contributed by atoms with Crippen molar-refractivity contribution in [3.8, 4) is 0 Å². The van der Waals surface area contributed by atoms with Crippen LogP contribution in [0.15, 0.2) is 58.9 Å². The minimum Gasteiger partial charge on any atom is -0.242 e. The van der Waals surface area contributed by atoms with Gasteiger partial charge < -0.3 is 0 Å². The molecule has 3 rings (SSSR count). The third kappa shape index (κ3) is 8.05. The Morgan fingerprint density at radius 1 is 1.07 bits per heavy atom. The molecule has 0 heterocycles. The van der Waals surface area contributed by atoms with Crippen LogP contribution in [0.3, 0.4) is 0 Å². The van der Waals surface area contributed by atoms with Gasteiger partial charge in [-0.15, -0.1) is 23.5 Å². The quantitative estimate of drug-likeness (QED) is 0.299. The molecule has 0 N–H and O–H groups in total. The van der Waals surface area contributed by atoms with Crippen LogP contribution in [0.1, 0.15) is 43.2 Å². The lowest BCUT2D eigenvalue weighted by molar-refractivity contribution is 0.391. The van der Waals surface area contributed by atoms with E-state index in [1.165, 1.54) is 37.7 Å². The minimum atomic E-state index is 0.672. The van der Waals surface area contributed by atoms with E-state index in [0.717, 1.165) is 38.7 Å². The summed E-state index contributed by atoms with van der Waals surface area (Å²) >= 11 is 15.9. The topological polar surface area (TPSA) is 12.4 Å². The Morgan fingerprint density at radius 3 is 2.55 bits per heavy atom. The van der Waals surface area contributed by atoms with Crippen LogP contribution >= 0.6 is 46.7 Å². The first-order valence-corrected chi connectivity index (χ1v) is 12.9. The van der Waals surface area contributed by atoms with Crippen LogP contribution in [0.5, 0.6) is 0 Å². The minimum absolute atomic E-state index is 0.672. The van der Waals surface area contributed by atoms with Gasteiger partial charge in [0.25, 0.3) is 0 Å². The van der Waals surface area contributed by atoms with Crippen LogP contribution in [-0.2, 0) is 5.75 Å². The molecule has 1 nitrogen and oxygen atoms in total. The number of hydrogen-bond donors (Lipinski definition) is 0. The summed E-state index contributed by atoms with van der Waals surface area (Å²) in [5, 5.41) is 4.60. The van der Waals surface area contributed by atoms with E-state index < -0.39 is 0 Å². The number of aryl methyl sites for hydroxylation is 1. The van der Waals surface area contributed by atoms with Gasteiger partial charge in [-0.3, -0.25) is 0 Å². The summed E-state index contributed by atoms with van der Waals surface area (Å²) in [6.07, 6.45) is 9.01. The predicted octanol–water partition coefficient (Wildman–Crippen LogP) is 9.09. The van der Waals surface area contributed by atoms with Gasteiger partial charge >= 0.3 is 0 Å². The second-order valence-electron chi connectivity index (χ2n) is 7.45. The standard InChI is InChI=1S/C24H27Cl2NS2/c1-18-7-11-22(12-8-18)27-24(29-16-19-5-3-2-4-6-19)13-14-28-17-20-9-10-21(25)15-23(20)26/h7-15,19H,2-6,16-17H2,1H3. The zero-order valence-electron chi connectivity index (χ0n) is 16.7. The fourth-order valence-electron chi connectivity index (χ4n) is 3.30. The summed E-state index contributed by atoms with van der Waals surface area (Å²) in [4.78, 5) is 4.89. The highest BCUT2D eigenvalue weighted by atomic mass is 35.5. The lowest BCUT2D eigenvalue weighted by atomic mass is 9.91. The molecule has 0 saturated heterocycles. The Morgan fingerprint density at radius 2 is 1.83 bits per heavy atom. The molecule has 1 aliphatic rings. The molecule has 0 spiro atoms. The SMILES string of the molecule is Cc1ccc(N=C(C=CSCc2ccc(Cl)cc2Cl)SCC2CCCCC2)cc1. The molecule has 5 heteroatoms. The first-order chi connectivity index (χ1) is 14.1. The van der Waals surface area contributed by atoms with Crippen LogP contribution in [0.2, 0.25) is 10.0 Å². The van der Waals surface area contributed by atoms with Crippen molar-refractivity contribution in [2.24, 2.45) is 10.9 Å². The van der Waals surface area contributed by atoms with E-state index in [1.807, 2.05) is 23.9 Å². The van der Waals surface area contributed by atoms with Crippen molar-refractivity contribution in [1.82, 2.24) is 0 Å². The molecule has 0 aromatic heterocycles. The number of thioether (sulfide) groups is 2. The van der Waals surface area contributed by atoms with Gasteiger partial charge in [-0.25, -0.2) is 4.99 Å². The Labute approximate surface area is 193 Å². The molecule has 0 aliphatic heterocycles. The van der Waals surface area contributed by atoms with Gasteiger partial charge in [-0.2, -0.15) is 0 Å². The van der Waals surface area contributed by atoms with E-state index in [1.54, 1.807) is 17.8 Å². The normalized spacial score (nSPS) is 15.9. The maximum atomic E-state index is 6.28.